The van der Waals surface area contributed by atoms with Gasteiger partial charge in [-0.2, -0.15) is 0 Å². The number of rotatable bonds is 3. The molecule has 94 valence electrons. The zero-order valence-corrected chi connectivity index (χ0v) is 10.7. The smallest absolute Gasteiger partial charge is 0.159 e. The first-order valence-corrected chi connectivity index (χ1v) is 5.78. The maximum absolute atomic E-state index is 9.55. The minimum atomic E-state index is -0.552. The number of ether oxygens (including phenoxy) is 1. The van der Waals surface area contributed by atoms with Gasteiger partial charge >= 0.3 is 0 Å². The van der Waals surface area contributed by atoms with E-state index in [9.17, 15) is 5.11 Å². The standard InChI is InChI=1S/C14H16N2O2/c1-9-13(10(2)17)8-15-14(16-9)11-5-4-6-12(7-11)18-3/h4-8,10,17H,1-3H3. The van der Waals surface area contributed by atoms with Crippen LogP contribution in [0.4, 0.5) is 0 Å². The zero-order chi connectivity index (χ0) is 13.1. The molecule has 1 atom stereocenters. The lowest BCUT2D eigenvalue weighted by Gasteiger charge is -2.09. The Balaban J connectivity index is 2.42. The minimum absolute atomic E-state index is 0.552. The number of aromatic nitrogens is 2. The first kappa shape index (κ1) is 12.5. The maximum atomic E-state index is 9.55. The Labute approximate surface area is 106 Å². The molecule has 0 amide bonds. The third kappa shape index (κ3) is 2.49. The quantitative estimate of drug-likeness (QED) is 0.901. The Kier molecular flexibility index (Phi) is 3.58. The van der Waals surface area contributed by atoms with E-state index in [1.807, 2.05) is 31.2 Å². The molecule has 2 aromatic rings. The number of aliphatic hydroxyl groups excluding tert-OH is 1. The summed E-state index contributed by atoms with van der Waals surface area (Å²) < 4.78 is 5.17. The second-order valence-corrected chi connectivity index (χ2v) is 4.14. The van der Waals surface area contributed by atoms with Crippen LogP contribution in [0.25, 0.3) is 11.4 Å². The number of aryl methyl sites for hydroxylation is 1. The lowest BCUT2D eigenvalue weighted by Crippen LogP contribution is -2.01. The molecule has 0 aliphatic rings. The molecule has 0 spiro atoms. The zero-order valence-electron chi connectivity index (χ0n) is 10.7. The van der Waals surface area contributed by atoms with Crippen molar-refractivity contribution in [1.29, 1.82) is 0 Å². The summed E-state index contributed by atoms with van der Waals surface area (Å²) in [5.41, 5.74) is 2.44. The lowest BCUT2D eigenvalue weighted by atomic mass is 10.1. The van der Waals surface area contributed by atoms with E-state index in [1.54, 1.807) is 20.2 Å². The normalized spacial score (nSPS) is 12.2. The average molecular weight is 244 g/mol. The molecule has 1 aromatic carbocycles. The van der Waals surface area contributed by atoms with Crippen LogP contribution in [0.1, 0.15) is 24.3 Å². The molecule has 0 aliphatic carbocycles. The summed E-state index contributed by atoms with van der Waals surface area (Å²) in [6.45, 7) is 3.57. The first-order valence-electron chi connectivity index (χ1n) is 5.78. The Morgan fingerprint density at radius 2 is 2.11 bits per heavy atom. The van der Waals surface area contributed by atoms with Crippen LogP contribution in [-0.2, 0) is 0 Å². The number of hydrogen-bond donors (Lipinski definition) is 1. The molecule has 1 unspecified atom stereocenters. The van der Waals surface area contributed by atoms with Crippen molar-refractivity contribution in [2.75, 3.05) is 7.11 Å². The molecule has 1 aromatic heterocycles. The van der Waals surface area contributed by atoms with Crippen molar-refractivity contribution in [3.8, 4) is 17.1 Å². The van der Waals surface area contributed by atoms with E-state index in [4.69, 9.17) is 4.74 Å². The monoisotopic (exact) mass is 244 g/mol. The van der Waals surface area contributed by atoms with E-state index < -0.39 is 6.10 Å². The third-order valence-electron chi connectivity index (χ3n) is 2.80. The van der Waals surface area contributed by atoms with Gasteiger partial charge in [0, 0.05) is 23.0 Å². The molecule has 2 rings (SSSR count). The molecular formula is C14H16N2O2. The van der Waals surface area contributed by atoms with Crippen LogP contribution in [0, 0.1) is 6.92 Å². The van der Waals surface area contributed by atoms with Crippen molar-refractivity contribution >= 4 is 0 Å². The van der Waals surface area contributed by atoms with Crippen LogP contribution < -0.4 is 4.74 Å². The highest BCUT2D eigenvalue weighted by Gasteiger charge is 2.09. The van der Waals surface area contributed by atoms with Gasteiger partial charge < -0.3 is 9.84 Å². The molecule has 0 radical (unpaired) electrons. The van der Waals surface area contributed by atoms with Crippen LogP contribution in [0.5, 0.6) is 5.75 Å². The van der Waals surface area contributed by atoms with Gasteiger partial charge in [-0.15, -0.1) is 0 Å². The molecule has 0 bridgehead atoms. The van der Waals surface area contributed by atoms with E-state index in [2.05, 4.69) is 9.97 Å². The molecular weight excluding hydrogens is 228 g/mol. The van der Waals surface area contributed by atoms with Crippen molar-refractivity contribution in [1.82, 2.24) is 9.97 Å². The SMILES string of the molecule is COc1cccc(-c2ncc(C(C)O)c(C)n2)c1. The highest BCUT2D eigenvalue weighted by Crippen LogP contribution is 2.22. The van der Waals surface area contributed by atoms with Crippen LogP contribution in [0.15, 0.2) is 30.5 Å². The van der Waals surface area contributed by atoms with Gasteiger partial charge in [-0.25, -0.2) is 9.97 Å². The number of nitrogens with zero attached hydrogens (tertiary/aromatic N) is 2. The van der Waals surface area contributed by atoms with Gasteiger partial charge in [0.15, 0.2) is 5.82 Å². The molecule has 0 aliphatic heterocycles. The molecule has 0 saturated carbocycles. The van der Waals surface area contributed by atoms with Crippen LogP contribution >= 0.6 is 0 Å². The fourth-order valence-electron chi connectivity index (χ4n) is 1.79. The van der Waals surface area contributed by atoms with Gasteiger partial charge in [0.05, 0.1) is 13.2 Å². The third-order valence-corrected chi connectivity index (χ3v) is 2.80. The summed E-state index contributed by atoms with van der Waals surface area (Å²) in [5, 5.41) is 9.55. The summed E-state index contributed by atoms with van der Waals surface area (Å²) >= 11 is 0. The number of hydrogen-bond acceptors (Lipinski definition) is 4. The summed E-state index contributed by atoms with van der Waals surface area (Å²) in [4.78, 5) is 8.69. The van der Waals surface area contributed by atoms with Crippen LogP contribution in [0.3, 0.4) is 0 Å². The van der Waals surface area contributed by atoms with Gasteiger partial charge in [0.1, 0.15) is 5.75 Å². The molecule has 0 fully saturated rings. The van der Waals surface area contributed by atoms with Gasteiger partial charge in [-0.3, -0.25) is 0 Å². The Morgan fingerprint density at radius 1 is 1.33 bits per heavy atom. The van der Waals surface area contributed by atoms with E-state index >= 15 is 0 Å². The summed E-state index contributed by atoms with van der Waals surface area (Å²) in [6, 6.07) is 7.59. The van der Waals surface area contributed by atoms with E-state index in [0.29, 0.717) is 5.82 Å². The highest BCUT2D eigenvalue weighted by atomic mass is 16.5. The van der Waals surface area contributed by atoms with E-state index in [-0.39, 0.29) is 0 Å². The number of aliphatic hydroxyl groups is 1. The second-order valence-electron chi connectivity index (χ2n) is 4.14. The lowest BCUT2D eigenvalue weighted by molar-refractivity contribution is 0.197. The molecule has 1 heterocycles. The fourth-order valence-corrected chi connectivity index (χ4v) is 1.79. The van der Waals surface area contributed by atoms with Gasteiger partial charge in [0.2, 0.25) is 0 Å². The summed E-state index contributed by atoms with van der Waals surface area (Å²) in [7, 11) is 1.63. The van der Waals surface area contributed by atoms with Gasteiger partial charge in [-0.1, -0.05) is 12.1 Å². The molecule has 4 nitrogen and oxygen atoms in total. The van der Waals surface area contributed by atoms with Gasteiger partial charge in [-0.05, 0) is 26.0 Å². The fraction of sp³-hybridized carbons (Fsp3) is 0.286. The van der Waals surface area contributed by atoms with Crippen molar-refractivity contribution in [3.63, 3.8) is 0 Å². The molecule has 4 heteroatoms. The minimum Gasteiger partial charge on any atom is -0.497 e. The topological polar surface area (TPSA) is 55.2 Å². The maximum Gasteiger partial charge on any atom is 0.159 e. The highest BCUT2D eigenvalue weighted by molar-refractivity contribution is 5.57. The first-order chi connectivity index (χ1) is 8.61. The molecule has 18 heavy (non-hydrogen) atoms. The van der Waals surface area contributed by atoms with Crippen molar-refractivity contribution in [2.24, 2.45) is 0 Å². The van der Waals surface area contributed by atoms with Crippen LogP contribution in [-0.4, -0.2) is 22.2 Å². The van der Waals surface area contributed by atoms with Gasteiger partial charge in [0.25, 0.3) is 0 Å². The number of benzene rings is 1. The van der Waals surface area contributed by atoms with Crippen LogP contribution in [0.2, 0.25) is 0 Å². The largest absolute Gasteiger partial charge is 0.497 e. The Morgan fingerprint density at radius 3 is 2.72 bits per heavy atom. The van der Waals surface area contributed by atoms with Crippen molar-refractivity contribution < 1.29 is 9.84 Å². The Hall–Kier alpha value is -1.94. The van der Waals surface area contributed by atoms with E-state index in [0.717, 1.165) is 22.6 Å². The van der Waals surface area contributed by atoms with Crippen molar-refractivity contribution in [2.45, 2.75) is 20.0 Å². The summed E-state index contributed by atoms with van der Waals surface area (Å²) in [5.74, 6) is 1.41. The molecule has 1 N–H and O–H groups in total. The van der Waals surface area contributed by atoms with E-state index in [1.165, 1.54) is 0 Å². The van der Waals surface area contributed by atoms with Crippen molar-refractivity contribution in [3.05, 3.63) is 41.7 Å². The predicted octanol–water partition coefficient (Wildman–Crippen LogP) is 2.51. The predicted molar refractivity (Wildman–Crippen MR) is 69.4 cm³/mol. The summed E-state index contributed by atoms with van der Waals surface area (Å²) in [6.07, 6.45) is 1.12. The average Bonchev–Trinajstić information content (AvgIpc) is 2.38. The second kappa shape index (κ2) is 5.14. The number of methoxy groups -OCH3 is 1. The Bertz CT molecular complexity index is 553. The molecule has 0 saturated heterocycles.